The highest BCUT2D eigenvalue weighted by molar-refractivity contribution is 8.02. The summed E-state index contributed by atoms with van der Waals surface area (Å²) < 4.78 is 0. The average molecular weight is 443 g/mol. The summed E-state index contributed by atoms with van der Waals surface area (Å²) in [5.41, 5.74) is 1.22. The van der Waals surface area contributed by atoms with Crippen molar-refractivity contribution in [1.29, 1.82) is 0 Å². The molecule has 30 heavy (non-hydrogen) atoms. The second-order valence-corrected chi connectivity index (χ2v) is 10.1. The SMILES string of the molecule is Cc1cccc(Sc2nccnc2SCC(=O)N2CCC(N3CCCCC3)CC2)c1. The zero-order valence-electron chi connectivity index (χ0n) is 17.6. The molecule has 0 aliphatic carbocycles. The fraction of sp³-hybridized carbons (Fsp3) is 0.522. The average Bonchev–Trinajstić information content (AvgIpc) is 2.79. The van der Waals surface area contributed by atoms with Crippen LogP contribution in [0.1, 0.15) is 37.7 Å². The molecule has 0 saturated carbocycles. The van der Waals surface area contributed by atoms with Crippen LogP contribution in [0, 0.1) is 6.92 Å². The molecule has 2 aromatic rings. The Labute approximate surface area is 188 Å². The second kappa shape index (κ2) is 10.6. The molecule has 0 bridgehead atoms. The van der Waals surface area contributed by atoms with E-state index in [1.54, 1.807) is 24.2 Å². The number of aromatic nitrogens is 2. The molecule has 5 nitrogen and oxygen atoms in total. The van der Waals surface area contributed by atoms with Gasteiger partial charge < -0.3 is 9.80 Å². The first kappa shape index (κ1) is 21.7. The van der Waals surface area contributed by atoms with Crippen LogP contribution in [-0.4, -0.2) is 63.6 Å². The van der Waals surface area contributed by atoms with Crippen LogP contribution in [0.15, 0.2) is 51.6 Å². The van der Waals surface area contributed by atoms with Gasteiger partial charge in [-0.2, -0.15) is 0 Å². The fourth-order valence-electron chi connectivity index (χ4n) is 4.26. The highest BCUT2D eigenvalue weighted by Crippen LogP contribution is 2.33. The Hall–Kier alpha value is -1.57. The van der Waals surface area contributed by atoms with E-state index in [0.29, 0.717) is 11.8 Å². The number of piperidine rings is 2. The Morgan fingerprint density at radius 2 is 1.77 bits per heavy atom. The van der Waals surface area contributed by atoms with Crippen molar-refractivity contribution in [3.8, 4) is 0 Å². The Bertz CT molecular complexity index is 849. The first-order chi connectivity index (χ1) is 14.7. The van der Waals surface area contributed by atoms with Gasteiger partial charge in [0.05, 0.1) is 5.75 Å². The molecule has 7 heteroatoms. The monoisotopic (exact) mass is 442 g/mol. The van der Waals surface area contributed by atoms with Gasteiger partial charge in [0.2, 0.25) is 5.91 Å². The third kappa shape index (κ3) is 5.77. The van der Waals surface area contributed by atoms with Crippen LogP contribution in [-0.2, 0) is 4.79 Å². The van der Waals surface area contributed by atoms with Crippen LogP contribution in [0.5, 0.6) is 0 Å². The summed E-state index contributed by atoms with van der Waals surface area (Å²) in [6, 6.07) is 9.03. The van der Waals surface area contributed by atoms with Gasteiger partial charge in [-0.25, -0.2) is 9.97 Å². The number of likely N-dealkylation sites (tertiary alicyclic amines) is 2. The van der Waals surface area contributed by atoms with Gasteiger partial charge in [-0.1, -0.05) is 47.6 Å². The maximum absolute atomic E-state index is 12.8. The number of benzene rings is 1. The van der Waals surface area contributed by atoms with Crippen LogP contribution < -0.4 is 0 Å². The molecule has 0 unspecified atom stereocenters. The number of aryl methyl sites for hydroxylation is 1. The molecule has 1 aromatic heterocycles. The number of rotatable bonds is 6. The number of carbonyl (C=O) groups is 1. The molecule has 160 valence electrons. The molecule has 2 saturated heterocycles. The van der Waals surface area contributed by atoms with Crippen molar-refractivity contribution in [3.05, 3.63) is 42.2 Å². The highest BCUT2D eigenvalue weighted by Gasteiger charge is 2.27. The van der Waals surface area contributed by atoms with Crippen molar-refractivity contribution < 1.29 is 4.79 Å². The molecule has 1 amide bonds. The van der Waals surface area contributed by atoms with Crippen molar-refractivity contribution in [3.63, 3.8) is 0 Å². The normalized spacial score (nSPS) is 18.5. The van der Waals surface area contributed by atoms with Gasteiger partial charge in [-0.05, 0) is 57.8 Å². The Morgan fingerprint density at radius 3 is 2.50 bits per heavy atom. The first-order valence-electron chi connectivity index (χ1n) is 10.9. The van der Waals surface area contributed by atoms with Crippen molar-refractivity contribution in [2.45, 2.75) is 60.0 Å². The summed E-state index contributed by atoms with van der Waals surface area (Å²) in [6.45, 7) is 6.33. The Kier molecular flexibility index (Phi) is 7.68. The van der Waals surface area contributed by atoms with E-state index < -0.39 is 0 Å². The number of hydrogen-bond donors (Lipinski definition) is 0. The van der Waals surface area contributed by atoms with Crippen molar-refractivity contribution in [1.82, 2.24) is 19.8 Å². The second-order valence-electron chi connectivity index (χ2n) is 8.08. The summed E-state index contributed by atoms with van der Waals surface area (Å²) in [5.74, 6) is 0.642. The number of amides is 1. The van der Waals surface area contributed by atoms with E-state index in [0.717, 1.165) is 40.9 Å². The van der Waals surface area contributed by atoms with E-state index in [1.807, 2.05) is 4.90 Å². The largest absolute Gasteiger partial charge is 0.342 e. The van der Waals surface area contributed by atoms with Gasteiger partial charge in [0, 0.05) is 36.4 Å². The van der Waals surface area contributed by atoms with Crippen LogP contribution >= 0.6 is 23.5 Å². The fourth-order valence-corrected chi connectivity index (χ4v) is 6.18. The number of hydrogen-bond acceptors (Lipinski definition) is 6. The molecule has 2 aliphatic rings. The molecule has 3 heterocycles. The highest BCUT2D eigenvalue weighted by atomic mass is 32.2. The lowest BCUT2D eigenvalue weighted by Gasteiger charge is -2.40. The summed E-state index contributed by atoms with van der Waals surface area (Å²) in [4.78, 5) is 27.6. The van der Waals surface area contributed by atoms with Crippen LogP contribution in [0.4, 0.5) is 0 Å². The molecule has 4 rings (SSSR count). The molecule has 0 atom stereocenters. The third-order valence-corrected chi connectivity index (χ3v) is 7.97. The molecule has 0 spiro atoms. The lowest BCUT2D eigenvalue weighted by molar-refractivity contribution is -0.129. The minimum Gasteiger partial charge on any atom is -0.342 e. The number of thioether (sulfide) groups is 1. The quantitative estimate of drug-likeness (QED) is 0.614. The molecule has 2 aliphatic heterocycles. The lowest BCUT2D eigenvalue weighted by atomic mass is 10.00. The summed E-state index contributed by atoms with van der Waals surface area (Å²) in [5, 5.41) is 1.70. The van der Waals surface area contributed by atoms with Crippen molar-refractivity contribution >= 4 is 29.4 Å². The maximum atomic E-state index is 12.8. The lowest BCUT2D eigenvalue weighted by Crippen LogP contribution is -2.48. The third-order valence-electron chi connectivity index (χ3n) is 5.89. The standard InChI is InChI=1S/C23H30N4OS2/c1-18-6-5-7-20(16-18)30-23-22(24-10-11-25-23)29-17-21(28)27-14-8-19(9-15-27)26-12-3-2-4-13-26/h5-7,10-11,16,19H,2-4,8-9,12-15,17H2,1H3. The zero-order chi connectivity index (χ0) is 20.8. The maximum Gasteiger partial charge on any atom is 0.232 e. The molecular formula is C23H30N4OS2. The predicted octanol–water partition coefficient (Wildman–Crippen LogP) is 4.51. The van der Waals surface area contributed by atoms with Gasteiger partial charge in [-0.15, -0.1) is 0 Å². The molecule has 0 radical (unpaired) electrons. The summed E-state index contributed by atoms with van der Waals surface area (Å²) >= 11 is 3.11. The van der Waals surface area contributed by atoms with E-state index in [-0.39, 0.29) is 5.91 Å². The van der Waals surface area contributed by atoms with Crippen molar-refractivity contribution in [2.75, 3.05) is 31.9 Å². The predicted molar refractivity (Wildman–Crippen MR) is 123 cm³/mol. The van der Waals surface area contributed by atoms with E-state index >= 15 is 0 Å². The van der Waals surface area contributed by atoms with E-state index in [2.05, 4.69) is 46.1 Å². The van der Waals surface area contributed by atoms with Gasteiger partial charge >= 0.3 is 0 Å². The Balaban J connectivity index is 1.29. The minimum atomic E-state index is 0.217. The molecule has 1 aromatic carbocycles. The molecule has 0 N–H and O–H groups in total. The topological polar surface area (TPSA) is 49.3 Å². The van der Waals surface area contributed by atoms with E-state index in [4.69, 9.17) is 0 Å². The summed E-state index contributed by atoms with van der Waals surface area (Å²) in [6.07, 6.45) is 9.67. The van der Waals surface area contributed by atoms with Gasteiger partial charge in [0.15, 0.2) is 0 Å². The van der Waals surface area contributed by atoms with Gasteiger partial charge in [-0.3, -0.25) is 4.79 Å². The van der Waals surface area contributed by atoms with Gasteiger partial charge in [0.1, 0.15) is 10.1 Å². The van der Waals surface area contributed by atoms with E-state index in [9.17, 15) is 4.79 Å². The van der Waals surface area contributed by atoms with E-state index in [1.165, 1.54) is 49.7 Å². The summed E-state index contributed by atoms with van der Waals surface area (Å²) in [7, 11) is 0. The van der Waals surface area contributed by atoms with Gasteiger partial charge in [0.25, 0.3) is 0 Å². The van der Waals surface area contributed by atoms with Crippen LogP contribution in [0.25, 0.3) is 0 Å². The zero-order valence-corrected chi connectivity index (χ0v) is 19.3. The minimum absolute atomic E-state index is 0.217. The Morgan fingerprint density at radius 1 is 1.03 bits per heavy atom. The smallest absolute Gasteiger partial charge is 0.232 e. The van der Waals surface area contributed by atoms with Crippen LogP contribution in [0.3, 0.4) is 0 Å². The van der Waals surface area contributed by atoms with Crippen LogP contribution in [0.2, 0.25) is 0 Å². The first-order valence-corrected chi connectivity index (χ1v) is 12.7. The number of carbonyl (C=O) groups excluding carboxylic acids is 1. The molecular weight excluding hydrogens is 412 g/mol. The van der Waals surface area contributed by atoms with Crippen molar-refractivity contribution in [2.24, 2.45) is 0 Å². The number of nitrogens with zero attached hydrogens (tertiary/aromatic N) is 4. The molecule has 2 fully saturated rings.